The molecule has 0 amide bonds. The number of nitrogens with one attached hydrogen (secondary N) is 1. The molecular weight excluding hydrogens is 250 g/mol. The molecule has 1 N–H and O–H groups in total. The van der Waals surface area contributed by atoms with Crippen molar-refractivity contribution in [3.8, 4) is 0 Å². The number of aromatic nitrogens is 2. The standard InChI is InChI=1S/C16H21N3O/c1-19-14-5-3-2-4-12(14)18-15(19)10-17-13-8-9-20-16(13)11-6-7-11/h2-5,11,13,16-17H,6-10H2,1H3. The molecule has 2 fully saturated rings. The van der Waals surface area contributed by atoms with Crippen molar-refractivity contribution in [2.45, 2.75) is 38.0 Å². The van der Waals surface area contributed by atoms with E-state index in [1.807, 2.05) is 6.07 Å². The average Bonchev–Trinajstić information content (AvgIpc) is 3.13. The number of rotatable bonds is 4. The first-order chi connectivity index (χ1) is 9.83. The van der Waals surface area contributed by atoms with E-state index in [1.165, 1.54) is 18.4 Å². The molecule has 2 aromatic rings. The monoisotopic (exact) mass is 271 g/mol. The lowest BCUT2D eigenvalue weighted by Crippen LogP contribution is -2.37. The second kappa shape index (κ2) is 4.86. The molecule has 0 bridgehead atoms. The largest absolute Gasteiger partial charge is 0.376 e. The molecule has 2 aliphatic rings. The van der Waals surface area contributed by atoms with Crippen molar-refractivity contribution in [2.75, 3.05) is 6.61 Å². The molecule has 1 aromatic heterocycles. The van der Waals surface area contributed by atoms with E-state index in [2.05, 4.69) is 35.1 Å². The van der Waals surface area contributed by atoms with Gasteiger partial charge in [-0.1, -0.05) is 12.1 Å². The van der Waals surface area contributed by atoms with Gasteiger partial charge in [0.15, 0.2) is 0 Å². The van der Waals surface area contributed by atoms with Gasteiger partial charge in [-0.25, -0.2) is 4.98 Å². The number of ether oxygens (including phenoxy) is 1. The fourth-order valence-electron chi connectivity index (χ4n) is 3.30. The summed E-state index contributed by atoms with van der Waals surface area (Å²) < 4.78 is 8.06. The van der Waals surface area contributed by atoms with Crippen molar-refractivity contribution < 1.29 is 4.74 Å². The Hall–Kier alpha value is -1.39. The Balaban J connectivity index is 1.49. The summed E-state index contributed by atoms with van der Waals surface area (Å²) >= 11 is 0. The zero-order valence-electron chi connectivity index (χ0n) is 11.9. The van der Waals surface area contributed by atoms with Crippen LogP contribution in [0.15, 0.2) is 24.3 Å². The lowest BCUT2D eigenvalue weighted by Gasteiger charge is -2.19. The quantitative estimate of drug-likeness (QED) is 0.927. The molecule has 4 heteroatoms. The molecule has 1 aromatic carbocycles. The summed E-state index contributed by atoms with van der Waals surface area (Å²) in [6.07, 6.45) is 4.25. The summed E-state index contributed by atoms with van der Waals surface area (Å²) in [6, 6.07) is 8.81. The highest BCUT2D eigenvalue weighted by Gasteiger charge is 2.40. The van der Waals surface area contributed by atoms with Crippen LogP contribution in [-0.2, 0) is 18.3 Å². The molecule has 2 heterocycles. The van der Waals surface area contributed by atoms with E-state index >= 15 is 0 Å². The number of imidazole rings is 1. The van der Waals surface area contributed by atoms with E-state index in [4.69, 9.17) is 9.72 Å². The summed E-state index contributed by atoms with van der Waals surface area (Å²) in [4.78, 5) is 4.72. The zero-order chi connectivity index (χ0) is 13.5. The normalized spacial score (nSPS) is 26.4. The third-order valence-electron chi connectivity index (χ3n) is 4.62. The molecule has 2 atom stereocenters. The van der Waals surface area contributed by atoms with Gasteiger partial charge in [-0.2, -0.15) is 0 Å². The molecule has 20 heavy (non-hydrogen) atoms. The SMILES string of the molecule is Cn1c(CNC2CCOC2C2CC2)nc2ccccc21. The van der Waals surface area contributed by atoms with E-state index in [0.717, 1.165) is 36.8 Å². The molecule has 0 spiro atoms. The minimum absolute atomic E-state index is 0.435. The van der Waals surface area contributed by atoms with Gasteiger partial charge in [-0.05, 0) is 37.3 Å². The van der Waals surface area contributed by atoms with Crippen molar-refractivity contribution in [1.29, 1.82) is 0 Å². The first kappa shape index (κ1) is 12.4. The van der Waals surface area contributed by atoms with Crippen LogP contribution in [0.4, 0.5) is 0 Å². The first-order valence-electron chi connectivity index (χ1n) is 7.58. The van der Waals surface area contributed by atoms with Gasteiger partial charge in [-0.3, -0.25) is 0 Å². The molecule has 1 aliphatic carbocycles. The third-order valence-corrected chi connectivity index (χ3v) is 4.62. The van der Waals surface area contributed by atoms with Crippen LogP contribution in [0.3, 0.4) is 0 Å². The van der Waals surface area contributed by atoms with E-state index in [1.54, 1.807) is 0 Å². The first-order valence-corrected chi connectivity index (χ1v) is 7.58. The highest BCUT2D eigenvalue weighted by Crippen LogP contribution is 2.38. The number of hydrogen-bond donors (Lipinski definition) is 1. The number of hydrogen-bond acceptors (Lipinski definition) is 3. The lowest BCUT2D eigenvalue weighted by atomic mass is 10.1. The van der Waals surface area contributed by atoms with Gasteiger partial charge in [0, 0.05) is 19.7 Å². The molecule has 4 nitrogen and oxygen atoms in total. The Labute approximate surface area is 119 Å². The van der Waals surface area contributed by atoms with E-state index in [-0.39, 0.29) is 0 Å². The van der Waals surface area contributed by atoms with Gasteiger partial charge >= 0.3 is 0 Å². The Kier molecular flexibility index (Phi) is 3.00. The van der Waals surface area contributed by atoms with Crippen LogP contribution in [-0.4, -0.2) is 28.3 Å². The van der Waals surface area contributed by atoms with Crippen LogP contribution >= 0.6 is 0 Å². The predicted octanol–water partition coefficient (Wildman–Crippen LogP) is 2.23. The van der Waals surface area contributed by atoms with Gasteiger partial charge in [0.25, 0.3) is 0 Å². The van der Waals surface area contributed by atoms with Crippen molar-refractivity contribution in [1.82, 2.24) is 14.9 Å². The maximum absolute atomic E-state index is 5.88. The van der Waals surface area contributed by atoms with Crippen LogP contribution in [0, 0.1) is 5.92 Å². The Morgan fingerprint density at radius 3 is 2.95 bits per heavy atom. The molecule has 106 valence electrons. The Morgan fingerprint density at radius 2 is 2.15 bits per heavy atom. The van der Waals surface area contributed by atoms with Crippen molar-refractivity contribution in [3.05, 3.63) is 30.1 Å². The summed E-state index contributed by atoms with van der Waals surface area (Å²) in [5.74, 6) is 1.91. The van der Waals surface area contributed by atoms with Crippen LogP contribution in [0.25, 0.3) is 11.0 Å². The van der Waals surface area contributed by atoms with E-state index in [9.17, 15) is 0 Å². The van der Waals surface area contributed by atoms with Crippen molar-refractivity contribution in [2.24, 2.45) is 13.0 Å². The van der Waals surface area contributed by atoms with Crippen LogP contribution in [0.2, 0.25) is 0 Å². The van der Waals surface area contributed by atoms with Gasteiger partial charge < -0.3 is 14.6 Å². The number of fused-ring (bicyclic) bond motifs is 1. The van der Waals surface area contributed by atoms with Crippen molar-refractivity contribution >= 4 is 11.0 Å². The number of para-hydroxylation sites is 2. The molecular formula is C16H21N3O. The van der Waals surface area contributed by atoms with Crippen LogP contribution in [0.5, 0.6) is 0 Å². The minimum atomic E-state index is 0.435. The molecule has 4 rings (SSSR count). The number of benzene rings is 1. The second-order valence-electron chi connectivity index (χ2n) is 6.02. The Bertz CT molecular complexity index is 617. The highest BCUT2D eigenvalue weighted by molar-refractivity contribution is 5.75. The number of aryl methyl sites for hydroxylation is 1. The number of nitrogens with zero attached hydrogens (tertiary/aromatic N) is 2. The fraction of sp³-hybridized carbons (Fsp3) is 0.562. The fourth-order valence-corrected chi connectivity index (χ4v) is 3.30. The summed E-state index contributed by atoms with van der Waals surface area (Å²) in [7, 11) is 2.09. The van der Waals surface area contributed by atoms with Crippen LogP contribution in [0.1, 0.15) is 25.1 Å². The molecule has 1 saturated heterocycles. The lowest BCUT2D eigenvalue weighted by molar-refractivity contribution is 0.0807. The maximum Gasteiger partial charge on any atom is 0.123 e. The summed E-state index contributed by atoms with van der Waals surface area (Å²) in [5.41, 5.74) is 2.28. The molecule has 1 saturated carbocycles. The topological polar surface area (TPSA) is 39.1 Å². The van der Waals surface area contributed by atoms with E-state index in [0.29, 0.717) is 12.1 Å². The Morgan fingerprint density at radius 1 is 1.30 bits per heavy atom. The van der Waals surface area contributed by atoms with E-state index < -0.39 is 0 Å². The molecule has 0 radical (unpaired) electrons. The minimum Gasteiger partial charge on any atom is -0.376 e. The summed E-state index contributed by atoms with van der Waals surface area (Å²) in [6.45, 7) is 1.73. The maximum atomic E-state index is 5.88. The smallest absolute Gasteiger partial charge is 0.123 e. The third kappa shape index (κ3) is 2.13. The molecule has 2 unspecified atom stereocenters. The highest BCUT2D eigenvalue weighted by atomic mass is 16.5. The summed E-state index contributed by atoms with van der Waals surface area (Å²) in [5, 5.41) is 3.66. The average molecular weight is 271 g/mol. The van der Waals surface area contributed by atoms with Gasteiger partial charge in [0.1, 0.15) is 5.82 Å². The second-order valence-corrected chi connectivity index (χ2v) is 6.02. The van der Waals surface area contributed by atoms with Gasteiger partial charge in [0.2, 0.25) is 0 Å². The zero-order valence-corrected chi connectivity index (χ0v) is 11.9. The predicted molar refractivity (Wildman–Crippen MR) is 78.4 cm³/mol. The van der Waals surface area contributed by atoms with Crippen molar-refractivity contribution in [3.63, 3.8) is 0 Å². The van der Waals surface area contributed by atoms with Crippen LogP contribution < -0.4 is 5.32 Å². The molecule has 1 aliphatic heterocycles. The van der Waals surface area contributed by atoms with Gasteiger partial charge in [-0.15, -0.1) is 0 Å². The van der Waals surface area contributed by atoms with Gasteiger partial charge in [0.05, 0.1) is 23.7 Å².